The van der Waals surface area contributed by atoms with Gasteiger partial charge in [-0.05, 0) is 50.2 Å². The summed E-state index contributed by atoms with van der Waals surface area (Å²) in [4.78, 5) is 6.65. The summed E-state index contributed by atoms with van der Waals surface area (Å²) in [6.45, 7) is 5.77. The summed E-state index contributed by atoms with van der Waals surface area (Å²) >= 11 is 6.40. The Morgan fingerprint density at radius 2 is 2.10 bits per heavy atom. The topological polar surface area (TPSA) is 28.2 Å². The van der Waals surface area contributed by atoms with Gasteiger partial charge in [-0.15, -0.1) is 0 Å². The summed E-state index contributed by atoms with van der Waals surface area (Å²) in [5.41, 5.74) is 3.42. The van der Waals surface area contributed by atoms with Crippen molar-refractivity contribution in [2.24, 2.45) is 0 Å². The molecule has 2 rings (SSSR count). The number of hydrogen-bond acceptors (Lipinski definition) is 3. The first-order chi connectivity index (χ1) is 9.65. The molecule has 2 aromatic rings. The molecule has 0 saturated heterocycles. The zero-order valence-electron chi connectivity index (χ0n) is 12.2. The molecular weight excluding hydrogens is 270 g/mol. The fraction of sp³-hybridized carbons (Fsp3) is 0.312. The molecule has 1 heterocycles. The van der Waals surface area contributed by atoms with Crippen LogP contribution in [-0.4, -0.2) is 18.6 Å². The lowest BCUT2D eigenvalue weighted by Crippen LogP contribution is -2.18. The maximum atomic E-state index is 6.40. The van der Waals surface area contributed by atoms with Gasteiger partial charge in [0.25, 0.3) is 0 Å². The van der Waals surface area contributed by atoms with Crippen molar-refractivity contribution in [3.8, 4) is 0 Å². The van der Waals surface area contributed by atoms with Crippen LogP contribution < -0.4 is 10.2 Å². The number of nitrogens with one attached hydrogen (secondary N) is 1. The van der Waals surface area contributed by atoms with Gasteiger partial charge in [-0.2, -0.15) is 0 Å². The molecule has 1 N–H and O–H groups in total. The number of pyridine rings is 1. The van der Waals surface area contributed by atoms with Crippen LogP contribution in [0.3, 0.4) is 0 Å². The largest absolute Gasteiger partial charge is 0.325 e. The van der Waals surface area contributed by atoms with E-state index in [-0.39, 0.29) is 0 Å². The van der Waals surface area contributed by atoms with Crippen molar-refractivity contribution in [3.05, 3.63) is 52.7 Å². The number of anilines is 2. The first-order valence-corrected chi connectivity index (χ1v) is 7.16. The summed E-state index contributed by atoms with van der Waals surface area (Å²) in [6.07, 6.45) is 1.87. The Labute approximate surface area is 125 Å². The Morgan fingerprint density at radius 1 is 1.30 bits per heavy atom. The fourth-order valence-corrected chi connectivity index (χ4v) is 2.51. The van der Waals surface area contributed by atoms with E-state index in [1.807, 2.05) is 19.3 Å². The number of aromatic nitrogens is 1. The van der Waals surface area contributed by atoms with E-state index in [2.05, 4.69) is 53.3 Å². The first-order valence-electron chi connectivity index (χ1n) is 6.79. The third-order valence-electron chi connectivity index (χ3n) is 3.14. The van der Waals surface area contributed by atoms with Crippen molar-refractivity contribution in [1.29, 1.82) is 0 Å². The molecule has 0 amide bonds. The van der Waals surface area contributed by atoms with Gasteiger partial charge in [0, 0.05) is 25.0 Å². The molecule has 3 nitrogen and oxygen atoms in total. The lowest BCUT2D eigenvalue weighted by molar-refractivity contribution is 0.812. The molecule has 0 saturated carbocycles. The Hall–Kier alpha value is -1.58. The van der Waals surface area contributed by atoms with Gasteiger partial charge in [0.05, 0.1) is 5.02 Å². The van der Waals surface area contributed by atoms with Crippen molar-refractivity contribution in [3.63, 3.8) is 0 Å². The Kier molecular flexibility index (Phi) is 4.99. The van der Waals surface area contributed by atoms with E-state index in [1.54, 1.807) is 0 Å². The highest BCUT2D eigenvalue weighted by Crippen LogP contribution is 2.30. The number of rotatable bonds is 5. The van der Waals surface area contributed by atoms with Gasteiger partial charge in [-0.3, -0.25) is 0 Å². The van der Waals surface area contributed by atoms with E-state index in [4.69, 9.17) is 11.6 Å². The van der Waals surface area contributed by atoms with Crippen molar-refractivity contribution in [2.45, 2.75) is 20.4 Å². The van der Waals surface area contributed by atoms with Gasteiger partial charge < -0.3 is 10.2 Å². The molecule has 0 unspecified atom stereocenters. The zero-order valence-corrected chi connectivity index (χ0v) is 12.9. The predicted molar refractivity (Wildman–Crippen MR) is 85.9 cm³/mol. The maximum absolute atomic E-state index is 6.40. The number of aryl methyl sites for hydroxylation is 1. The minimum Gasteiger partial charge on any atom is -0.325 e. The fourth-order valence-electron chi connectivity index (χ4n) is 2.22. The van der Waals surface area contributed by atoms with E-state index in [1.165, 1.54) is 5.56 Å². The van der Waals surface area contributed by atoms with E-state index >= 15 is 0 Å². The summed E-state index contributed by atoms with van der Waals surface area (Å²) in [7, 11) is 1.91. The molecule has 0 aliphatic rings. The zero-order chi connectivity index (χ0) is 14.5. The van der Waals surface area contributed by atoms with E-state index in [0.29, 0.717) is 5.02 Å². The molecule has 1 aromatic heterocycles. The average Bonchev–Trinajstić information content (AvgIpc) is 2.42. The maximum Gasteiger partial charge on any atom is 0.151 e. The molecule has 0 radical (unpaired) electrons. The lowest BCUT2D eigenvalue weighted by atomic mass is 10.2. The van der Waals surface area contributed by atoms with Crippen LogP contribution in [0.2, 0.25) is 5.02 Å². The molecule has 0 bridgehead atoms. The minimum atomic E-state index is 0.682. The quantitative estimate of drug-likeness (QED) is 0.904. The van der Waals surface area contributed by atoms with Crippen LogP contribution in [0.5, 0.6) is 0 Å². The molecule has 0 aliphatic carbocycles. The van der Waals surface area contributed by atoms with Crippen LogP contribution in [0.25, 0.3) is 0 Å². The molecule has 0 atom stereocenters. The Morgan fingerprint density at radius 3 is 2.70 bits per heavy atom. The molecule has 1 aromatic carbocycles. The van der Waals surface area contributed by atoms with E-state index < -0.39 is 0 Å². The summed E-state index contributed by atoms with van der Waals surface area (Å²) in [5.74, 6) is 0.805. The van der Waals surface area contributed by atoms with Crippen LogP contribution in [0.15, 0.2) is 36.5 Å². The third-order valence-corrected chi connectivity index (χ3v) is 3.42. The van der Waals surface area contributed by atoms with Gasteiger partial charge in [-0.25, -0.2) is 4.98 Å². The van der Waals surface area contributed by atoms with Crippen LogP contribution in [0.1, 0.15) is 18.1 Å². The van der Waals surface area contributed by atoms with Crippen LogP contribution in [0.4, 0.5) is 11.5 Å². The van der Waals surface area contributed by atoms with E-state index in [0.717, 1.165) is 30.2 Å². The molecule has 106 valence electrons. The number of halogens is 1. The van der Waals surface area contributed by atoms with Crippen LogP contribution >= 0.6 is 11.6 Å². The Bertz CT molecular complexity index is 584. The number of hydrogen-bond donors (Lipinski definition) is 1. The smallest absolute Gasteiger partial charge is 0.151 e. The van der Waals surface area contributed by atoms with Crippen LogP contribution in [-0.2, 0) is 6.54 Å². The summed E-state index contributed by atoms with van der Waals surface area (Å²) < 4.78 is 0. The second-order valence-electron chi connectivity index (χ2n) is 4.76. The highest BCUT2D eigenvalue weighted by molar-refractivity contribution is 6.33. The second-order valence-corrected chi connectivity index (χ2v) is 5.17. The van der Waals surface area contributed by atoms with Gasteiger partial charge in [0.15, 0.2) is 5.82 Å². The van der Waals surface area contributed by atoms with E-state index in [9.17, 15) is 0 Å². The lowest BCUT2D eigenvalue weighted by Gasteiger charge is -2.23. The van der Waals surface area contributed by atoms with Crippen molar-refractivity contribution >= 4 is 23.1 Å². The molecular formula is C16H20ClN3. The van der Waals surface area contributed by atoms with Crippen LogP contribution in [0, 0.1) is 6.92 Å². The Balaban J connectivity index is 2.37. The van der Waals surface area contributed by atoms with Gasteiger partial charge in [0.1, 0.15) is 0 Å². The molecule has 0 aliphatic heterocycles. The third kappa shape index (κ3) is 3.30. The number of nitrogens with zero attached hydrogens (tertiary/aromatic N) is 2. The second kappa shape index (κ2) is 6.73. The van der Waals surface area contributed by atoms with Crippen molar-refractivity contribution in [2.75, 3.05) is 18.5 Å². The highest BCUT2D eigenvalue weighted by Gasteiger charge is 2.13. The van der Waals surface area contributed by atoms with Gasteiger partial charge in [-0.1, -0.05) is 23.7 Å². The summed E-state index contributed by atoms with van der Waals surface area (Å²) in [6, 6.07) is 10.3. The average molecular weight is 290 g/mol. The van der Waals surface area contributed by atoms with Gasteiger partial charge in [0.2, 0.25) is 0 Å². The standard InChI is InChI=1S/C16H20ClN3/c1-4-20(14-7-5-6-12(2)8-14)16-15(17)9-13(10-18-3)11-19-16/h5-9,11,18H,4,10H2,1-3H3. The predicted octanol–water partition coefficient (Wildman–Crippen LogP) is 3.92. The van der Waals surface area contributed by atoms with Gasteiger partial charge >= 0.3 is 0 Å². The molecule has 20 heavy (non-hydrogen) atoms. The van der Waals surface area contributed by atoms with Crippen molar-refractivity contribution in [1.82, 2.24) is 10.3 Å². The number of benzene rings is 1. The minimum absolute atomic E-state index is 0.682. The monoisotopic (exact) mass is 289 g/mol. The normalized spacial score (nSPS) is 10.6. The first kappa shape index (κ1) is 14.8. The van der Waals surface area contributed by atoms with Crippen molar-refractivity contribution < 1.29 is 0 Å². The summed E-state index contributed by atoms with van der Waals surface area (Å²) in [5, 5.41) is 3.78. The molecule has 0 fully saturated rings. The molecule has 4 heteroatoms. The highest BCUT2D eigenvalue weighted by atomic mass is 35.5. The SMILES string of the molecule is CCN(c1cccc(C)c1)c1ncc(CNC)cc1Cl. The molecule has 0 spiro atoms.